The van der Waals surface area contributed by atoms with Crippen LogP contribution < -0.4 is 10.2 Å². The Bertz CT molecular complexity index is 481. The van der Waals surface area contributed by atoms with Crippen LogP contribution in [0.2, 0.25) is 0 Å². The Kier molecular flexibility index (Phi) is 4.72. The maximum absolute atomic E-state index is 5.49. The zero-order chi connectivity index (χ0) is 14.5. The summed E-state index contributed by atoms with van der Waals surface area (Å²) in [5, 5.41) is 0. The van der Waals surface area contributed by atoms with Gasteiger partial charge in [0.05, 0.1) is 7.11 Å². The van der Waals surface area contributed by atoms with Crippen molar-refractivity contribution < 1.29 is 9.57 Å². The maximum Gasteiger partial charge on any atom is 0.211 e. The predicted molar refractivity (Wildman–Crippen MR) is 82.3 cm³/mol. The van der Waals surface area contributed by atoms with Gasteiger partial charge in [-0.15, -0.1) is 5.48 Å². The number of nitrogens with zero attached hydrogens (tertiary/aromatic N) is 2. The van der Waals surface area contributed by atoms with E-state index >= 15 is 0 Å². The number of ether oxygens (including phenoxy) is 1. The standard InChI is InChI=1S/C16H23N3O2/c1-20-14-8-6-13(7-9-14)16-17-15(21-18-16)5-4-12-19-10-2-3-11-19/h6-9,16,18H,2-5,10-12H2,1H3/t16-/m1/s1. The molecule has 0 radical (unpaired) electrons. The molecule has 114 valence electrons. The van der Waals surface area contributed by atoms with Crippen LogP contribution in [0.25, 0.3) is 0 Å². The Labute approximate surface area is 125 Å². The van der Waals surface area contributed by atoms with Crippen molar-refractivity contribution in [3.05, 3.63) is 29.8 Å². The summed E-state index contributed by atoms with van der Waals surface area (Å²) in [5.41, 5.74) is 4.07. The molecular formula is C16H23N3O2. The van der Waals surface area contributed by atoms with Gasteiger partial charge in [0, 0.05) is 6.42 Å². The van der Waals surface area contributed by atoms with Crippen molar-refractivity contribution in [1.82, 2.24) is 10.4 Å². The Morgan fingerprint density at radius 3 is 2.76 bits per heavy atom. The lowest BCUT2D eigenvalue weighted by Gasteiger charge is -2.13. The van der Waals surface area contributed by atoms with Crippen LogP contribution in [-0.2, 0) is 4.84 Å². The van der Waals surface area contributed by atoms with Gasteiger partial charge in [0.15, 0.2) is 6.17 Å². The number of nitrogens with one attached hydrogen (secondary N) is 1. The van der Waals surface area contributed by atoms with Gasteiger partial charge < -0.3 is 14.5 Å². The van der Waals surface area contributed by atoms with Crippen molar-refractivity contribution in [2.45, 2.75) is 31.8 Å². The van der Waals surface area contributed by atoms with Crippen LogP contribution in [-0.4, -0.2) is 37.5 Å². The highest BCUT2D eigenvalue weighted by molar-refractivity contribution is 5.77. The largest absolute Gasteiger partial charge is 0.497 e. The molecule has 0 unspecified atom stereocenters. The van der Waals surface area contributed by atoms with Crippen molar-refractivity contribution in [3.8, 4) is 5.75 Å². The van der Waals surface area contributed by atoms with E-state index in [1.54, 1.807) is 7.11 Å². The smallest absolute Gasteiger partial charge is 0.211 e. The van der Waals surface area contributed by atoms with Crippen molar-refractivity contribution in [2.24, 2.45) is 4.99 Å². The van der Waals surface area contributed by atoms with Gasteiger partial charge in [-0.25, -0.2) is 4.99 Å². The highest BCUT2D eigenvalue weighted by Crippen LogP contribution is 2.22. The number of methoxy groups -OCH3 is 1. The molecule has 2 aliphatic heterocycles. The molecule has 1 atom stereocenters. The second kappa shape index (κ2) is 6.91. The first-order valence-electron chi connectivity index (χ1n) is 7.70. The molecule has 0 aromatic heterocycles. The van der Waals surface area contributed by atoms with Crippen LogP contribution in [0, 0.1) is 0 Å². The molecular weight excluding hydrogens is 266 g/mol. The number of hydrogen-bond donors (Lipinski definition) is 1. The van der Waals surface area contributed by atoms with E-state index in [9.17, 15) is 0 Å². The summed E-state index contributed by atoms with van der Waals surface area (Å²) in [6.45, 7) is 3.65. The number of hydrogen-bond acceptors (Lipinski definition) is 5. The Morgan fingerprint density at radius 2 is 2.05 bits per heavy atom. The lowest BCUT2D eigenvalue weighted by atomic mass is 10.2. The van der Waals surface area contributed by atoms with E-state index in [1.807, 2.05) is 24.3 Å². The molecule has 1 fully saturated rings. The number of rotatable bonds is 6. The molecule has 0 amide bonds. The summed E-state index contributed by atoms with van der Waals surface area (Å²) in [4.78, 5) is 12.6. The van der Waals surface area contributed by atoms with Crippen molar-refractivity contribution >= 4 is 5.90 Å². The molecule has 0 saturated carbocycles. The lowest BCUT2D eigenvalue weighted by molar-refractivity contribution is 0.174. The molecule has 5 nitrogen and oxygen atoms in total. The quantitative estimate of drug-likeness (QED) is 0.874. The van der Waals surface area contributed by atoms with E-state index in [2.05, 4.69) is 15.4 Å². The Morgan fingerprint density at radius 1 is 1.29 bits per heavy atom. The molecule has 0 bridgehead atoms. The van der Waals surface area contributed by atoms with Crippen LogP contribution in [0.15, 0.2) is 29.3 Å². The average Bonchev–Trinajstić information content (AvgIpc) is 3.19. The molecule has 1 aromatic carbocycles. The maximum atomic E-state index is 5.49. The summed E-state index contributed by atoms with van der Waals surface area (Å²) in [6, 6.07) is 7.91. The number of hydroxylamine groups is 1. The normalized spacial score (nSPS) is 22.1. The van der Waals surface area contributed by atoms with E-state index in [0.717, 1.165) is 36.6 Å². The molecule has 21 heavy (non-hydrogen) atoms. The summed E-state index contributed by atoms with van der Waals surface area (Å²) in [7, 11) is 1.67. The van der Waals surface area contributed by atoms with E-state index in [-0.39, 0.29) is 6.17 Å². The fraction of sp³-hybridized carbons (Fsp3) is 0.562. The molecule has 1 N–H and O–H groups in total. The van der Waals surface area contributed by atoms with Crippen LogP contribution in [0.5, 0.6) is 5.75 Å². The summed E-state index contributed by atoms with van der Waals surface area (Å²) in [6.07, 6.45) is 4.60. The van der Waals surface area contributed by atoms with Gasteiger partial charge in [0.1, 0.15) is 5.75 Å². The van der Waals surface area contributed by atoms with Crippen LogP contribution >= 0.6 is 0 Å². The summed E-state index contributed by atoms with van der Waals surface area (Å²) >= 11 is 0. The third-order valence-corrected chi connectivity index (χ3v) is 4.06. The number of likely N-dealkylation sites (tertiary alicyclic amines) is 1. The second-order valence-electron chi connectivity index (χ2n) is 5.57. The molecule has 5 heteroatoms. The van der Waals surface area contributed by atoms with E-state index in [4.69, 9.17) is 9.57 Å². The van der Waals surface area contributed by atoms with Gasteiger partial charge in [-0.05, 0) is 56.6 Å². The Balaban J connectivity index is 1.48. The highest BCUT2D eigenvalue weighted by Gasteiger charge is 2.20. The van der Waals surface area contributed by atoms with Gasteiger partial charge in [-0.2, -0.15) is 0 Å². The first-order chi connectivity index (χ1) is 10.3. The van der Waals surface area contributed by atoms with Crippen molar-refractivity contribution in [3.63, 3.8) is 0 Å². The first-order valence-corrected chi connectivity index (χ1v) is 7.70. The van der Waals surface area contributed by atoms with E-state index in [0.29, 0.717) is 0 Å². The Hall–Kier alpha value is -1.59. The highest BCUT2D eigenvalue weighted by atomic mass is 16.7. The summed E-state index contributed by atoms with van der Waals surface area (Å²) in [5.74, 6) is 1.67. The average molecular weight is 289 g/mol. The van der Waals surface area contributed by atoms with Crippen LogP contribution in [0.4, 0.5) is 0 Å². The molecule has 0 aliphatic carbocycles. The number of aliphatic imine (C=N–C) groups is 1. The van der Waals surface area contributed by atoms with E-state index < -0.39 is 0 Å². The molecule has 1 aromatic rings. The molecule has 2 heterocycles. The minimum atomic E-state index is -0.0994. The third kappa shape index (κ3) is 3.74. The SMILES string of the molecule is COc1ccc([C@@H]2N=C(CCCN3CCCC3)ON2)cc1. The lowest BCUT2D eigenvalue weighted by Crippen LogP contribution is -2.21. The van der Waals surface area contributed by atoms with Crippen LogP contribution in [0.1, 0.15) is 37.4 Å². The first kappa shape index (κ1) is 14.4. The third-order valence-electron chi connectivity index (χ3n) is 4.06. The topological polar surface area (TPSA) is 46.1 Å². The fourth-order valence-corrected chi connectivity index (χ4v) is 2.83. The minimum Gasteiger partial charge on any atom is -0.497 e. The van der Waals surface area contributed by atoms with Gasteiger partial charge in [0.25, 0.3) is 0 Å². The van der Waals surface area contributed by atoms with Gasteiger partial charge in [-0.3, -0.25) is 0 Å². The molecule has 2 aliphatic rings. The monoisotopic (exact) mass is 289 g/mol. The number of benzene rings is 1. The van der Waals surface area contributed by atoms with Crippen molar-refractivity contribution in [2.75, 3.05) is 26.7 Å². The van der Waals surface area contributed by atoms with E-state index in [1.165, 1.54) is 25.9 Å². The molecule has 0 spiro atoms. The van der Waals surface area contributed by atoms with Gasteiger partial charge in [0.2, 0.25) is 5.90 Å². The molecule has 3 rings (SSSR count). The zero-order valence-corrected chi connectivity index (χ0v) is 12.5. The fourth-order valence-electron chi connectivity index (χ4n) is 2.83. The second-order valence-corrected chi connectivity index (χ2v) is 5.57. The summed E-state index contributed by atoms with van der Waals surface area (Å²) < 4.78 is 5.16. The van der Waals surface area contributed by atoms with Crippen molar-refractivity contribution in [1.29, 1.82) is 0 Å². The van der Waals surface area contributed by atoms with Crippen LogP contribution in [0.3, 0.4) is 0 Å². The predicted octanol–water partition coefficient (Wildman–Crippen LogP) is 2.50. The molecule has 1 saturated heterocycles. The minimum absolute atomic E-state index is 0.0994. The zero-order valence-electron chi connectivity index (χ0n) is 12.5. The van der Waals surface area contributed by atoms with Gasteiger partial charge in [-0.1, -0.05) is 12.1 Å². The van der Waals surface area contributed by atoms with Gasteiger partial charge >= 0.3 is 0 Å².